The van der Waals surface area contributed by atoms with E-state index in [1.807, 2.05) is 20.9 Å². The summed E-state index contributed by atoms with van der Waals surface area (Å²) in [6, 6.07) is 0. The number of ether oxygens (including phenoxy) is 1. The van der Waals surface area contributed by atoms with E-state index in [-0.39, 0.29) is 12.0 Å². The first-order chi connectivity index (χ1) is 7.19. The Morgan fingerprint density at radius 3 is 2.87 bits per heavy atom. The van der Waals surface area contributed by atoms with Crippen molar-refractivity contribution in [2.45, 2.75) is 26.4 Å². The van der Waals surface area contributed by atoms with Gasteiger partial charge >= 0.3 is 0 Å². The first-order valence-electron chi connectivity index (χ1n) is 4.99. The molecule has 0 aromatic carbocycles. The monoisotopic (exact) mass is 213 g/mol. The number of halogens is 1. The van der Waals surface area contributed by atoms with Gasteiger partial charge in [0.15, 0.2) is 0 Å². The zero-order valence-corrected chi connectivity index (χ0v) is 9.25. The summed E-state index contributed by atoms with van der Waals surface area (Å²) in [6.45, 7) is 4.33. The van der Waals surface area contributed by atoms with E-state index < -0.39 is 5.82 Å². The van der Waals surface area contributed by atoms with E-state index in [1.54, 1.807) is 0 Å². The molecule has 1 aromatic rings. The molecule has 0 aliphatic heterocycles. The van der Waals surface area contributed by atoms with Gasteiger partial charge in [0.1, 0.15) is 12.4 Å². The number of aromatic nitrogens is 2. The van der Waals surface area contributed by atoms with E-state index >= 15 is 0 Å². The molecule has 0 amide bonds. The highest BCUT2D eigenvalue weighted by molar-refractivity contribution is 5.17. The topological polar surface area (TPSA) is 47.0 Å². The molecule has 1 N–H and O–H groups in total. The Bertz CT molecular complexity index is 320. The van der Waals surface area contributed by atoms with Gasteiger partial charge in [-0.05, 0) is 20.4 Å². The van der Waals surface area contributed by atoms with Crippen LogP contribution in [0.3, 0.4) is 0 Å². The minimum absolute atomic E-state index is 0.0320. The number of hydrogen-bond acceptors (Lipinski definition) is 4. The van der Waals surface area contributed by atoms with Crippen molar-refractivity contribution in [3.8, 4) is 5.88 Å². The highest BCUT2D eigenvalue weighted by Crippen LogP contribution is 2.16. The molecule has 0 spiro atoms. The molecule has 1 aromatic heterocycles. The lowest BCUT2D eigenvalue weighted by molar-refractivity contribution is 0.200. The van der Waals surface area contributed by atoms with Crippen LogP contribution in [0.25, 0.3) is 0 Å². The summed E-state index contributed by atoms with van der Waals surface area (Å²) in [7, 11) is 1.81. The maximum absolute atomic E-state index is 13.6. The second-order valence-electron chi connectivity index (χ2n) is 3.28. The van der Waals surface area contributed by atoms with Crippen LogP contribution in [0.1, 0.15) is 19.5 Å². The zero-order chi connectivity index (χ0) is 11.3. The Kier molecular flexibility index (Phi) is 4.42. The number of aryl methyl sites for hydroxylation is 1. The van der Waals surface area contributed by atoms with Gasteiger partial charge in [-0.3, -0.25) is 0 Å². The van der Waals surface area contributed by atoms with Gasteiger partial charge in [0, 0.05) is 6.54 Å². The normalized spacial score (nSPS) is 12.5. The summed E-state index contributed by atoms with van der Waals surface area (Å²) in [4.78, 5) is 7.60. The highest BCUT2D eigenvalue weighted by atomic mass is 19.1. The molecular formula is C10H16FN3O. The summed E-state index contributed by atoms with van der Waals surface area (Å²) < 4.78 is 18.9. The lowest BCUT2D eigenvalue weighted by Gasteiger charge is -2.14. The number of hydrogen-bond donors (Lipinski definition) is 1. The fraction of sp³-hybridized carbons (Fsp3) is 0.600. The standard InChI is InChI=1S/C10H16FN3O/c1-4-8-9(11)10(14-6-13-8)15-7(2)5-12-3/h6-7,12H,4-5H2,1-3H3. The van der Waals surface area contributed by atoms with Crippen molar-refractivity contribution in [2.24, 2.45) is 0 Å². The Balaban J connectivity index is 2.76. The molecule has 0 radical (unpaired) electrons. The molecule has 1 heterocycles. The van der Waals surface area contributed by atoms with Gasteiger partial charge in [-0.25, -0.2) is 4.98 Å². The van der Waals surface area contributed by atoms with Gasteiger partial charge in [0.25, 0.3) is 5.88 Å². The van der Waals surface area contributed by atoms with Crippen LogP contribution in [0.15, 0.2) is 6.33 Å². The smallest absolute Gasteiger partial charge is 0.254 e. The highest BCUT2D eigenvalue weighted by Gasteiger charge is 2.13. The van der Waals surface area contributed by atoms with E-state index in [4.69, 9.17) is 4.74 Å². The van der Waals surface area contributed by atoms with Crippen molar-refractivity contribution in [1.29, 1.82) is 0 Å². The Morgan fingerprint density at radius 1 is 1.53 bits per heavy atom. The first-order valence-corrected chi connectivity index (χ1v) is 4.99. The maximum atomic E-state index is 13.6. The Labute approximate surface area is 88.9 Å². The van der Waals surface area contributed by atoms with Crippen molar-refractivity contribution < 1.29 is 9.13 Å². The average Bonchev–Trinajstić information content (AvgIpc) is 2.21. The van der Waals surface area contributed by atoms with E-state index in [2.05, 4.69) is 15.3 Å². The number of likely N-dealkylation sites (N-methyl/N-ethyl adjacent to an activating group) is 1. The molecule has 84 valence electrons. The summed E-state index contributed by atoms with van der Waals surface area (Å²) in [6.07, 6.45) is 1.73. The van der Waals surface area contributed by atoms with E-state index in [0.29, 0.717) is 18.7 Å². The third-order valence-corrected chi connectivity index (χ3v) is 1.97. The van der Waals surface area contributed by atoms with Crippen molar-refractivity contribution in [3.63, 3.8) is 0 Å². The lowest BCUT2D eigenvalue weighted by Crippen LogP contribution is -2.26. The summed E-state index contributed by atoms with van der Waals surface area (Å²) in [5.41, 5.74) is 0.386. The van der Waals surface area contributed by atoms with E-state index in [1.165, 1.54) is 6.33 Å². The molecule has 0 saturated carbocycles. The number of nitrogens with zero attached hydrogens (tertiary/aromatic N) is 2. The number of nitrogens with one attached hydrogen (secondary N) is 1. The minimum atomic E-state index is -0.456. The maximum Gasteiger partial charge on any atom is 0.254 e. The van der Waals surface area contributed by atoms with Gasteiger partial charge in [-0.1, -0.05) is 6.92 Å². The molecule has 5 heteroatoms. The third-order valence-electron chi connectivity index (χ3n) is 1.97. The zero-order valence-electron chi connectivity index (χ0n) is 9.25. The predicted molar refractivity (Wildman–Crippen MR) is 55.4 cm³/mol. The quantitative estimate of drug-likeness (QED) is 0.797. The SMILES string of the molecule is CCc1ncnc(OC(C)CNC)c1F. The van der Waals surface area contributed by atoms with Crippen LogP contribution < -0.4 is 10.1 Å². The van der Waals surface area contributed by atoms with Crippen molar-refractivity contribution >= 4 is 0 Å². The van der Waals surface area contributed by atoms with Crippen LogP contribution in [-0.4, -0.2) is 29.7 Å². The number of rotatable bonds is 5. The summed E-state index contributed by atoms with van der Waals surface area (Å²) in [5, 5.41) is 2.94. The largest absolute Gasteiger partial charge is 0.471 e. The van der Waals surface area contributed by atoms with Crippen LogP contribution >= 0.6 is 0 Å². The fourth-order valence-electron chi connectivity index (χ4n) is 1.24. The van der Waals surface area contributed by atoms with Crippen LogP contribution in [0.2, 0.25) is 0 Å². The first kappa shape index (κ1) is 11.8. The van der Waals surface area contributed by atoms with E-state index in [9.17, 15) is 4.39 Å². The second kappa shape index (κ2) is 5.60. The third kappa shape index (κ3) is 3.13. The molecule has 0 aliphatic rings. The van der Waals surface area contributed by atoms with Gasteiger partial charge in [-0.2, -0.15) is 9.37 Å². The molecule has 1 unspecified atom stereocenters. The minimum Gasteiger partial charge on any atom is -0.471 e. The molecule has 0 saturated heterocycles. The van der Waals surface area contributed by atoms with Gasteiger partial charge in [0.2, 0.25) is 5.82 Å². The molecule has 0 fully saturated rings. The van der Waals surface area contributed by atoms with Crippen LogP contribution in [0, 0.1) is 5.82 Å². The van der Waals surface area contributed by atoms with Crippen LogP contribution in [0.5, 0.6) is 5.88 Å². The molecule has 0 bridgehead atoms. The van der Waals surface area contributed by atoms with Crippen molar-refractivity contribution in [2.75, 3.05) is 13.6 Å². The van der Waals surface area contributed by atoms with Crippen LogP contribution in [-0.2, 0) is 6.42 Å². The van der Waals surface area contributed by atoms with Gasteiger partial charge < -0.3 is 10.1 Å². The molecular weight excluding hydrogens is 197 g/mol. The van der Waals surface area contributed by atoms with Gasteiger partial charge in [-0.15, -0.1) is 0 Å². The van der Waals surface area contributed by atoms with Crippen LogP contribution in [0.4, 0.5) is 4.39 Å². The Hall–Kier alpha value is -1.23. The van der Waals surface area contributed by atoms with Crippen molar-refractivity contribution in [3.05, 3.63) is 17.8 Å². The average molecular weight is 213 g/mol. The van der Waals surface area contributed by atoms with Gasteiger partial charge in [0.05, 0.1) is 5.69 Å². The molecule has 15 heavy (non-hydrogen) atoms. The molecule has 4 nitrogen and oxygen atoms in total. The predicted octanol–water partition coefficient (Wildman–Crippen LogP) is 1.16. The lowest BCUT2D eigenvalue weighted by atomic mass is 10.3. The summed E-state index contributed by atoms with van der Waals surface area (Å²) in [5.74, 6) is -0.424. The molecule has 0 aliphatic carbocycles. The molecule has 1 atom stereocenters. The molecule has 1 rings (SSSR count). The summed E-state index contributed by atoms with van der Waals surface area (Å²) >= 11 is 0. The van der Waals surface area contributed by atoms with Crippen molar-refractivity contribution in [1.82, 2.24) is 15.3 Å². The Morgan fingerprint density at radius 2 is 2.27 bits per heavy atom. The second-order valence-corrected chi connectivity index (χ2v) is 3.28. The van der Waals surface area contributed by atoms with E-state index in [0.717, 1.165) is 0 Å². The fourth-order valence-corrected chi connectivity index (χ4v) is 1.24.